The largest absolute Gasteiger partial charge is 0.456 e. The van der Waals surface area contributed by atoms with Crippen LogP contribution in [0.4, 0.5) is 0 Å². The number of rotatable bonds is 3. The second-order valence-electron chi connectivity index (χ2n) is 11.8. The van der Waals surface area contributed by atoms with Crippen molar-refractivity contribution in [2.24, 2.45) is 0 Å². The first-order valence-electron chi connectivity index (χ1n) is 15.5. The summed E-state index contributed by atoms with van der Waals surface area (Å²) in [5.41, 5.74) is 8.96. The van der Waals surface area contributed by atoms with Gasteiger partial charge in [0.05, 0.1) is 27.6 Å². The second kappa shape index (κ2) is 9.62. The minimum absolute atomic E-state index is 0.687. The molecule has 0 saturated heterocycles. The number of furan rings is 1. The Balaban J connectivity index is 1.29. The predicted molar refractivity (Wildman–Crippen MR) is 190 cm³/mol. The molecule has 0 aliphatic carbocycles. The lowest BCUT2D eigenvalue weighted by Crippen LogP contribution is -1.96. The Hall–Kier alpha value is -6.26. The number of hydrogen-bond acceptors (Lipinski definition) is 3. The topological polar surface area (TPSA) is 43.9 Å². The van der Waals surface area contributed by atoms with Crippen LogP contribution in [-0.2, 0) is 0 Å². The van der Waals surface area contributed by atoms with E-state index in [4.69, 9.17) is 14.4 Å². The van der Waals surface area contributed by atoms with E-state index in [1.54, 1.807) is 0 Å². The molecule has 214 valence electrons. The van der Waals surface area contributed by atoms with Crippen molar-refractivity contribution in [2.75, 3.05) is 0 Å². The first kappa shape index (κ1) is 25.1. The Morgan fingerprint density at radius 1 is 0.457 bits per heavy atom. The molecule has 46 heavy (non-hydrogen) atoms. The van der Waals surface area contributed by atoms with Gasteiger partial charge in [-0.15, -0.1) is 0 Å². The van der Waals surface area contributed by atoms with Gasteiger partial charge in [-0.2, -0.15) is 0 Å². The lowest BCUT2D eigenvalue weighted by Gasteiger charge is -2.11. The molecule has 0 unspecified atom stereocenters. The maximum atomic E-state index is 6.45. The lowest BCUT2D eigenvalue weighted by atomic mass is 10.0. The molecule has 0 radical (unpaired) electrons. The maximum absolute atomic E-state index is 6.45. The van der Waals surface area contributed by atoms with Crippen LogP contribution in [0.3, 0.4) is 0 Å². The zero-order valence-corrected chi connectivity index (χ0v) is 24.7. The van der Waals surface area contributed by atoms with E-state index >= 15 is 0 Å². The molecule has 10 aromatic rings. The van der Waals surface area contributed by atoms with Crippen molar-refractivity contribution >= 4 is 65.4 Å². The van der Waals surface area contributed by atoms with Crippen molar-refractivity contribution in [1.29, 1.82) is 0 Å². The van der Waals surface area contributed by atoms with Gasteiger partial charge in [-0.05, 0) is 71.4 Å². The minimum Gasteiger partial charge on any atom is -0.456 e. The van der Waals surface area contributed by atoms with E-state index < -0.39 is 0 Å². The summed E-state index contributed by atoms with van der Waals surface area (Å²) in [7, 11) is 0. The third-order valence-corrected chi connectivity index (χ3v) is 9.16. The molecule has 0 fully saturated rings. The van der Waals surface area contributed by atoms with Crippen LogP contribution >= 0.6 is 0 Å². The van der Waals surface area contributed by atoms with Crippen molar-refractivity contribution < 1.29 is 4.42 Å². The first-order chi connectivity index (χ1) is 22.8. The molecule has 4 nitrogen and oxygen atoms in total. The molecule has 0 spiro atoms. The molecular weight excluding hydrogens is 562 g/mol. The number of nitrogens with zero attached hydrogens (tertiary/aromatic N) is 3. The fraction of sp³-hybridized carbons (Fsp3) is 0. The molecule has 0 atom stereocenters. The van der Waals surface area contributed by atoms with Crippen LogP contribution in [0.5, 0.6) is 0 Å². The van der Waals surface area contributed by atoms with Crippen molar-refractivity contribution in [1.82, 2.24) is 14.5 Å². The quantitative estimate of drug-likeness (QED) is 0.207. The van der Waals surface area contributed by atoms with Crippen LogP contribution in [0, 0.1) is 0 Å². The van der Waals surface area contributed by atoms with Gasteiger partial charge in [0.15, 0.2) is 5.82 Å². The molecule has 7 aromatic carbocycles. The van der Waals surface area contributed by atoms with Crippen molar-refractivity contribution in [3.05, 3.63) is 152 Å². The third-order valence-electron chi connectivity index (χ3n) is 9.16. The predicted octanol–water partition coefficient (Wildman–Crippen LogP) is 11.1. The van der Waals surface area contributed by atoms with E-state index in [1.165, 1.54) is 21.7 Å². The zero-order chi connectivity index (χ0) is 30.2. The highest BCUT2D eigenvalue weighted by atomic mass is 16.3. The zero-order valence-electron chi connectivity index (χ0n) is 24.7. The summed E-state index contributed by atoms with van der Waals surface area (Å²) in [4.78, 5) is 10.6. The van der Waals surface area contributed by atoms with Gasteiger partial charge in [0, 0.05) is 38.4 Å². The van der Waals surface area contributed by atoms with Gasteiger partial charge in [0.25, 0.3) is 0 Å². The fourth-order valence-corrected chi connectivity index (χ4v) is 7.05. The van der Waals surface area contributed by atoms with E-state index in [-0.39, 0.29) is 0 Å². The Kier molecular flexibility index (Phi) is 5.25. The molecule has 3 heterocycles. The van der Waals surface area contributed by atoms with Crippen molar-refractivity contribution in [3.8, 4) is 28.3 Å². The van der Waals surface area contributed by atoms with Crippen LogP contribution in [0.2, 0.25) is 0 Å². The van der Waals surface area contributed by atoms with Crippen LogP contribution in [0.25, 0.3) is 93.8 Å². The van der Waals surface area contributed by atoms with Gasteiger partial charge in [-0.3, -0.25) is 0 Å². The summed E-state index contributed by atoms with van der Waals surface area (Å²) in [6.45, 7) is 0. The number of hydrogen-bond donors (Lipinski definition) is 0. The van der Waals surface area contributed by atoms with E-state index in [1.807, 2.05) is 6.07 Å². The summed E-state index contributed by atoms with van der Waals surface area (Å²) < 4.78 is 8.78. The number of benzene rings is 7. The summed E-state index contributed by atoms with van der Waals surface area (Å²) in [5.74, 6) is 0.687. The number of aromatic nitrogens is 3. The Bertz CT molecular complexity index is 2790. The molecule has 0 amide bonds. The highest BCUT2D eigenvalue weighted by molar-refractivity contribution is 6.21. The van der Waals surface area contributed by atoms with E-state index in [0.717, 1.165) is 66.3 Å². The summed E-state index contributed by atoms with van der Waals surface area (Å²) in [6, 6.07) is 53.0. The Morgan fingerprint density at radius 2 is 1.17 bits per heavy atom. The van der Waals surface area contributed by atoms with Gasteiger partial charge < -0.3 is 8.98 Å². The molecule has 3 aromatic heterocycles. The van der Waals surface area contributed by atoms with Gasteiger partial charge in [-0.1, -0.05) is 91.0 Å². The van der Waals surface area contributed by atoms with Crippen LogP contribution in [0.1, 0.15) is 0 Å². The average molecular weight is 588 g/mol. The highest BCUT2D eigenvalue weighted by Gasteiger charge is 2.19. The highest BCUT2D eigenvalue weighted by Crippen LogP contribution is 2.40. The summed E-state index contributed by atoms with van der Waals surface area (Å²) in [6.07, 6.45) is 0. The normalized spacial score (nSPS) is 11.9. The van der Waals surface area contributed by atoms with Crippen LogP contribution in [0.15, 0.2) is 156 Å². The standard InChI is InChI=1S/C42H25N3O/c1-3-11-26(12-4-1)40-32-20-22-37-39(34-23-27-13-7-8-14-28(27)25-38(34)46-37)41(32)44-42(43-40)29-19-21-36-33(24-29)31-17-9-10-18-35(31)45(36)30-15-5-2-6-16-30/h1-25H. The number of para-hydroxylation sites is 2. The smallest absolute Gasteiger partial charge is 0.160 e. The second-order valence-corrected chi connectivity index (χ2v) is 11.8. The van der Waals surface area contributed by atoms with Crippen molar-refractivity contribution in [2.45, 2.75) is 0 Å². The van der Waals surface area contributed by atoms with Gasteiger partial charge in [0.1, 0.15) is 11.2 Å². The Labute approximate surface area is 263 Å². The summed E-state index contributed by atoms with van der Waals surface area (Å²) in [5, 5.41) is 7.77. The van der Waals surface area contributed by atoms with E-state index in [0.29, 0.717) is 5.82 Å². The average Bonchev–Trinajstić information content (AvgIpc) is 3.66. The third kappa shape index (κ3) is 3.67. The molecule has 0 saturated carbocycles. The molecular formula is C42H25N3O. The van der Waals surface area contributed by atoms with E-state index in [2.05, 4.69) is 150 Å². The SMILES string of the molecule is c1ccc(-c2nc(-c3ccc4c(c3)c3ccccc3n4-c3ccccc3)nc3c2ccc2oc4cc5ccccc5cc4c23)cc1. The van der Waals surface area contributed by atoms with Crippen LogP contribution in [-0.4, -0.2) is 14.5 Å². The molecule has 0 bridgehead atoms. The van der Waals surface area contributed by atoms with Crippen molar-refractivity contribution in [3.63, 3.8) is 0 Å². The lowest BCUT2D eigenvalue weighted by molar-refractivity contribution is 0.669. The van der Waals surface area contributed by atoms with Gasteiger partial charge in [0.2, 0.25) is 0 Å². The maximum Gasteiger partial charge on any atom is 0.160 e. The molecule has 0 aliphatic rings. The fourth-order valence-electron chi connectivity index (χ4n) is 7.05. The molecule has 4 heteroatoms. The number of fused-ring (bicyclic) bond motifs is 9. The molecule has 10 rings (SSSR count). The van der Waals surface area contributed by atoms with E-state index in [9.17, 15) is 0 Å². The Morgan fingerprint density at radius 3 is 2.02 bits per heavy atom. The molecule has 0 aliphatic heterocycles. The van der Waals surface area contributed by atoms with Crippen LogP contribution < -0.4 is 0 Å². The minimum atomic E-state index is 0.687. The monoisotopic (exact) mass is 587 g/mol. The van der Waals surface area contributed by atoms with Gasteiger partial charge >= 0.3 is 0 Å². The summed E-state index contributed by atoms with van der Waals surface area (Å²) >= 11 is 0. The first-order valence-corrected chi connectivity index (χ1v) is 15.5. The van der Waals surface area contributed by atoms with Gasteiger partial charge in [-0.25, -0.2) is 9.97 Å². The molecule has 0 N–H and O–H groups in total.